The lowest BCUT2D eigenvalue weighted by atomic mass is 10.0. The van der Waals surface area contributed by atoms with Gasteiger partial charge in [-0.2, -0.15) is 9.13 Å². The average Bonchev–Trinajstić information content (AvgIpc) is 3.85. The second-order valence-electron chi connectivity index (χ2n) is 16.8. The number of pyridine rings is 2. The third kappa shape index (κ3) is 24.2. The van der Waals surface area contributed by atoms with Crippen molar-refractivity contribution in [2.45, 2.75) is 221 Å². The second kappa shape index (κ2) is 38.2. The maximum Gasteiger partial charge on any atom is 0.245 e. The molecular weight excluding hydrogens is 937 g/mol. The molecule has 62 heavy (non-hydrogen) atoms. The molecule has 0 saturated carbocycles. The molecule has 0 fully saturated rings. The van der Waals surface area contributed by atoms with Crippen LogP contribution in [0.2, 0.25) is 0 Å². The Hall–Kier alpha value is -2.14. The van der Waals surface area contributed by atoms with Crippen LogP contribution in [0.3, 0.4) is 0 Å². The second-order valence-corrected chi connectivity index (χ2v) is 18.7. The van der Waals surface area contributed by atoms with Crippen molar-refractivity contribution in [2.75, 3.05) is 0 Å². The summed E-state index contributed by atoms with van der Waals surface area (Å²) in [5.74, 6) is 0.211. The van der Waals surface area contributed by atoms with E-state index < -0.39 is 0 Å². The standard InChI is InChI=1S/2C26H41N2OS.2BrH/c2*1-3-5-7-9-11-13-18-24-26(19-14-12-10-8-6-4-2)30-22-28(24)21-25(29)23-17-15-16-20-27-23;;/h2*15-17,20,22H,3-14,18-19,21H2,1-2H3;2*1H/q2*+1;;/p-2. The molecule has 0 amide bonds. The fourth-order valence-electron chi connectivity index (χ4n) is 7.88. The molecule has 0 radical (unpaired) electrons. The zero-order chi connectivity index (χ0) is 42.9. The van der Waals surface area contributed by atoms with Crippen LogP contribution < -0.4 is 43.1 Å². The van der Waals surface area contributed by atoms with Crippen molar-refractivity contribution in [3.05, 3.63) is 92.3 Å². The quantitative estimate of drug-likeness (QED) is 0.0269. The lowest BCUT2D eigenvalue weighted by Gasteiger charge is -2.04. The van der Waals surface area contributed by atoms with Gasteiger partial charge in [-0.15, -0.1) is 0 Å². The average molecular weight is 1020 g/mol. The maximum absolute atomic E-state index is 12.7. The Morgan fingerprint density at radius 3 is 1.05 bits per heavy atom. The Balaban J connectivity index is 0.000000601. The number of unbranched alkanes of at least 4 members (excludes halogenated alkanes) is 20. The van der Waals surface area contributed by atoms with Gasteiger partial charge in [0.15, 0.2) is 11.4 Å². The van der Waals surface area contributed by atoms with Gasteiger partial charge in [0, 0.05) is 25.2 Å². The molecule has 0 atom stereocenters. The summed E-state index contributed by atoms with van der Waals surface area (Å²) in [6, 6.07) is 11.1. The van der Waals surface area contributed by atoms with E-state index >= 15 is 0 Å². The molecule has 4 rings (SSSR count). The highest BCUT2D eigenvalue weighted by atomic mass is 79.9. The van der Waals surface area contributed by atoms with E-state index in [0.29, 0.717) is 24.5 Å². The highest BCUT2D eigenvalue weighted by molar-refractivity contribution is 7.09. The largest absolute Gasteiger partial charge is 1.00 e. The Kier molecular flexibility index (Phi) is 35.6. The molecule has 10 heteroatoms. The maximum atomic E-state index is 12.7. The number of aromatic nitrogens is 4. The molecule has 0 saturated heterocycles. The number of aryl methyl sites for hydroxylation is 2. The number of ketones is 2. The van der Waals surface area contributed by atoms with Gasteiger partial charge in [0.2, 0.25) is 35.7 Å². The van der Waals surface area contributed by atoms with E-state index in [1.54, 1.807) is 12.4 Å². The first kappa shape index (κ1) is 57.9. The third-order valence-electron chi connectivity index (χ3n) is 11.6. The van der Waals surface area contributed by atoms with Gasteiger partial charge < -0.3 is 34.0 Å². The summed E-state index contributed by atoms with van der Waals surface area (Å²) in [5, 5.41) is 0. The molecule has 0 aliphatic rings. The van der Waals surface area contributed by atoms with Crippen LogP contribution in [0.25, 0.3) is 0 Å². The lowest BCUT2D eigenvalue weighted by molar-refractivity contribution is -0.686. The van der Waals surface area contributed by atoms with Gasteiger partial charge in [-0.1, -0.05) is 191 Å². The van der Waals surface area contributed by atoms with Crippen LogP contribution in [-0.2, 0) is 38.8 Å². The number of carbonyl (C=O) groups is 2. The van der Waals surface area contributed by atoms with Crippen LogP contribution in [0, 0.1) is 0 Å². The fraction of sp³-hybridized carbons (Fsp3) is 0.654. The monoisotopic (exact) mass is 1020 g/mol. The minimum Gasteiger partial charge on any atom is -1.00 e. The SMILES string of the molecule is CCCCCCCCc1sc[n+](CC(=O)c2ccccn2)c1CCCCCCCC.CCCCCCCCc1sc[n+](CC(=O)c2ccccn2)c1CCCCCCCC.[Br-].[Br-]. The fourth-order valence-corrected chi connectivity index (χ4v) is 10.0. The first-order valence-electron chi connectivity index (χ1n) is 24.4. The van der Waals surface area contributed by atoms with E-state index in [9.17, 15) is 9.59 Å². The molecule has 0 unspecified atom stereocenters. The van der Waals surface area contributed by atoms with E-state index in [4.69, 9.17) is 0 Å². The zero-order valence-corrected chi connectivity index (χ0v) is 44.0. The molecule has 0 aliphatic heterocycles. The van der Waals surface area contributed by atoms with Crippen molar-refractivity contribution < 1.29 is 52.7 Å². The summed E-state index contributed by atoms with van der Waals surface area (Å²) in [6.07, 6.45) is 39.5. The number of carbonyl (C=O) groups excluding carboxylic acids is 2. The van der Waals surface area contributed by atoms with Crippen LogP contribution in [0.5, 0.6) is 0 Å². The molecule has 6 nitrogen and oxygen atoms in total. The number of thiazole rings is 2. The summed E-state index contributed by atoms with van der Waals surface area (Å²) in [5.41, 5.74) is 8.26. The number of hydrogen-bond acceptors (Lipinski definition) is 6. The molecule has 348 valence electrons. The van der Waals surface area contributed by atoms with E-state index in [1.807, 2.05) is 59.1 Å². The molecule has 4 aromatic rings. The molecule has 4 aromatic heterocycles. The van der Waals surface area contributed by atoms with Gasteiger partial charge >= 0.3 is 0 Å². The van der Waals surface area contributed by atoms with Gasteiger partial charge in [-0.3, -0.25) is 19.6 Å². The molecule has 0 N–H and O–H groups in total. The van der Waals surface area contributed by atoms with Crippen LogP contribution in [0.1, 0.15) is 224 Å². The first-order valence-corrected chi connectivity index (χ1v) is 26.1. The van der Waals surface area contributed by atoms with Crippen LogP contribution >= 0.6 is 22.7 Å². The summed E-state index contributed by atoms with van der Waals surface area (Å²) < 4.78 is 4.42. The topological polar surface area (TPSA) is 67.7 Å². The molecule has 0 aliphatic carbocycles. The predicted octanol–water partition coefficient (Wildman–Crippen LogP) is 8.25. The number of hydrogen-bond donors (Lipinski definition) is 0. The van der Waals surface area contributed by atoms with Crippen molar-refractivity contribution in [1.82, 2.24) is 9.97 Å². The van der Waals surface area contributed by atoms with Crippen molar-refractivity contribution in [3.8, 4) is 0 Å². The van der Waals surface area contributed by atoms with Crippen LogP contribution in [0.4, 0.5) is 0 Å². The normalized spacial score (nSPS) is 10.8. The molecular formula is C52H82Br2N4O2S2. The summed E-state index contributed by atoms with van der Waals surface area (Å²) in [4.78, 5) is 36.9. The predicted molar refractivity (Wildman–Crippen MR) is 254 cm³/mol. The lowest BCUT2D eigenvalue weighted by Crippen LogP contribution is -3.00. The highest BCUT2D eigenvalue weighted by Gasteiger charge is 2.24. The van der Waals surface area contributed by atoms with Crippen LogP contribution in [-0.4, -0.2) is 21.5 Å². The molecule has 0 aromatic carbocycles. The highest BCUT2D eigenvalue weighted by Crippen LogP contribution is 2.21. The number of halogens is 2. The summed E-state index contributed by atoms with van der Waals surface area (Å²) in [6.45, 7) is 9.89. The summed E-state index contributed by atoms with van der Waals surface area (Å²) >= 11 is 3.69. The van der Waals surface area contributed by atoms with Gasteiger partial charge in [-0.25, -0.2) is 0 Å². The van der Waals surface area contributed by atoms with Gasteiger partial charge in [0.1, 0.15) is 11.4 Å². The van der Waals surface area contributed by atoms with Gasteiger partial charge in [0.05, 0.1) is 9.75 Å². The number of nitrogens with zero attached hydrogens (tertiary/aromatic N) is 4. The van der Waals surface area contributed by atoms with Crippen LogP contribution in [0.15, 0.2) is 59.8 Å². The van der Waals surface area contributed by atoms with Crippen molar-refractivity contribution in [1.29, 1.82) is 0 Å². The summed E-state index contributed by atoms with van der Waals surface area (Å²) in [7, 11) is 0. The van der Waals surface area contributed by atoms with E-state index in [1.165, 1.54) is 175 Å². The number of Topliss-reactive ketones (excluding diaryl/α,β-unsaturated/α-hetero) is 2. The molecule has 0 bridgehead atoms. The Morgan fingerprint density at radius 1 is 0.435 bits per heavy atom. The van der Waals surface area contributed by atoms with E-state index in [0.717, 1.165) is 25.7 Å². The first-order chi connectivity index (χ1) is 29.5. The van der Waals surface area contributed by atoms with Crippen molar-refractivity contribution in [3.63, 3.8) is 0 Å². The zero-order valence-electron chi connectivity index (χ0n) is 39.2. The molecule has 4 heterocycles. The van der Waals surface area contributed by atoms with Gasteiger partial charge in [0.25, 0.3) is 0 Å². The molecule has 0 spiro atoms. The van der Waals surface area contributed by atoms with Gasteiger partial charge in [-0.05, 0) is 62.8 Å². The van der Waals surface area contributed by atoms with E-state index in [-0.39, 0.29) is 45.5 Å². The van der Waals surface area contributed by atoms with Crippen molar-refractivity contribution >= 4 is 34.2 Å². The van der Waals surface area contributed by atoms with E-state index in [2.05, 4.69) is 57.8 Å². The third-order valence-corrected chi connectivity index (χ3v) is 13.7. The Morgan fingerprint density at radius 2 is 0.742 bits per heavy atom. The van der Waals surface area contributed by atoms with Crippen molar-refractivity contribution in [2.24, 2.45) is 0 Å². The smallest absolute Gasteiger partial charge is 0.245 e. The number of rotatable bonds is 34. The Labute approximate surface area is 407 Å². The minimum atomic E-state index is 0. The Bertz CT molecular complexity index is 1560. The minimum absolute atomic E-state index is 0.